The van der Waals surface area contributed by atoms with Gasteiger partial charge in [0.15, 0.2) is 5.16 Å². The molecule has 1 unspecified atom stereocenters. The van der Waals surface area contributed by atoms with Crippen molar-refractivity contribution in [3.63, 3.8) is 0 Å². The molecule has 108 valence electrons. The van der Waals surface area contributed by atoms with E-state index >= 15 is 0 Å². The van der Waals surface area contributed by atoms with Crippen LogP contribution >= 0.6 is 11.8 Å². The van der Waals surface area contributed by atoms with Crippen molar-refractivity contribution in [3.8, 4) is 0 Å². The summed E-state index contributed by atoms with van der Waals surface area (Å²) >= 11 is 1.35. The number of amides is 1. The Morgan fingerprint density at radius 2 is 2.26 bits per heavy atom. The summed E-state index contributed by atoms with van der Waals surface area (Å²) in [6, 6.07) is -0.410. The number of primary amides is 1. The number of aromatic amines is 1. The highest BCUT2D eigenvalue weighted by molar-refractivity contribution is 7.99. The summed E-state index contributed by atoms with van der Waals surface area (Å²) in [6.07, 6.45) is 1.78. The second-order valence-corrected chi connectivity index (χ2v) is 5.17. The fourth-order valence-electron chi connectivity index (χ4n) is 1.55. The zero-order valence-electron chi connectivity index (χ0n) is 11.3. The zero-order valence-corrected chi connectivity index (χ0v) is 12.1. The van der Waals surface area contributed by atoms with E-state index in [2.05, 4.69) is 15.5 Å². The van der Waals surface area contributed by atoms with Crippen molar-refractivity contribution in [1.82, 2.24) is 20.1 Å². The number of H-pyrrole nitrogens is 1. The molecule has 0 saturated carbocycles. The van der Waals surface area contributed by atoms with E-state index in [9.17, 15) is 9.59 Å². The minimum atomic E-state index is -0.410. The molecule has 0 aliphatic carbocycles. The monoisotopic (exact) mass is 287 g/mol. The van der Waals surface area contributed by atoms with E-state index in [1.807, 2.05) is 13.8 Å². The van der Waals surface area contributed by atoms with Crippen LogP contribution in [0.5, 0.6) is 0 Å². The molecule has 8 heteroatoms. The van der Waals surface area contributed by atoms with Crippen molar-refractivity contribution in [3.05, 3.63) is 10.5 Å². The van der Waals surface area contributed by atoms with Gasteiger partial charge in [-0.3, -0.25) is 9.36 Å². The lowest BCUT2D eigenvalue weighted by atomic mass is 10.3. The summed E-state index contributed by atoms with van der Waals surface area (Å²) in [5.41, 5.74) is 5.11. The van der Waals surface area contributed by atoms with Gasteiger partial charge in [0.2, 0.25) is 5.91 Å². The van der Waals surface area contributed by atoms with Crippen LogP contribution in [0.2, 0.25) is 0 Å². The van der Waals surface area contributed by atoms with Gasteiger partial charge in [-0.05, 0) is 19.4 Å². The van der Waals surface area contributed by atoms with Crippen molar-refractivity contribution in [1.29, 1.82) is 0 Å². The van der Waals surface area contributed by atoms with E-state index in [1.54, 1.807) is 4.57 Å². The van der Waals surface area contributed by atoms with Gasteiger partial charge in [0, 0.05) is 12.3 Å². The first-order valence-corrected chi connectivity index (χ1v) is 7.39. The Bertz CT molecular complexity index is 456. The highest BCUT2D eigenvalue weighted by atomic mass is 32.2. The Hall–Kier alpha value is -1.28. The summed E-state index contributed by atoms with van der Waals surface area (Å²) in [5, 5.41) is 10.0. The van der Waals surface area contributed by atoms with Gasteiger partial charge in [0.25, 0.3) is 0 Å². The number of carbonyl (C=O) groups excluding carboxylic acids is 1. The number of nitrogens with two attached hydrogens (primary N) is 1. The molecule has 1 aromatic rings. The Balaban J connectivity index is 2.63. The SMILES string of the molecule is CCCNC(CSc1n[nH]c(=O)n1CCC)C(N)=O. The van der Waals surface area contributed by atoms with Gasteiger partial charge < -0.3 is 11.1 Å². The number of hydrogen-bond donors (Lipinski definition) is 3. The number of nitrogens with one attached hydrogen (secondary N) is 2. The summed E-state index contributed by atoms with van der Waals surface area (Å²) in [4.78, 5) is 22.8. The normalized spacial score (nSPS) is 12.5. The highest BCUT2D eigenvalue weighted by Crippen LogP contribution is 2.14. The van der Waals surface area contributed by atoms with E-state index in [4.69, 9.17) is 5.73 Å². The second kappa shape index (κ2) is 8.00. The van der Waals surface area contributed by atoms with Gasteiger partial charge in [0.1, 0.15) is 0 Å². The predicted octanol–water partition coefficient (Wildman–Crippen LogP) is -0.0730. The first-order chi connectivity index (χ1) is 9.10. The molecule has 0 fully saturated rings. The molecule has 1 atom stereocenters. The standard InChI is InChI=1S/C11H21N5O2S/c1-3-5-13-8(9(12)17)7-19-11-15-14-10(18)16(11)6-4-2/h8,13H,3-7H2,1-2H3,(H2,12,17)(H,14,18). The molecule has 0 radical (unpaired) electrons. The van der Waals surface area contributed by atoms with Crippen molar-refractivity contribution < 1.29 is 4.79 Å². The average molecular weight is 287 g/mol. The lowest BCUT2D eigenvalue weighted by molar-refractivity contribution is -0.119. The van der Waals surface area contributed by atoms with E-state index in [1.165, 1.54) is 11.8 Å². The minimum absolute atomic E-state index is 0.221. The molecule has 0 aliphatic rings. The minimum Gasteiger partial charge on any atom is -0.368 e. The topological polar surface area (TPSA) is 106 Å². The highest BCUT2D eigenvalue weighted by Gasteiger charge is 2.17. The van der Waals surface area contributed by atoms with Crippen LogP contribution in [-0.4, -0.2) is 39.0 Å². The fourth-order valence-corrected chi connectivity index (χ4v) is 2.59. The summed E-state index contributed by atoms with van der Waals surface area (Å²) in [6.45, 7) is 5.35. The molecule has 4 N–H and O–H groups in total. The summed E-state index contributed by atoms with van der Waals surface area (Å²) < 4.78 is 1.57. The van der Waals surface area contributed by atoms with Crippen molar-refractivity contribution in [2.24, 2.45) is 5.73 Å². The predicted molar refractivity (Wildman–Crippen MR) is 75.1 cm³/mol. The number of carbonyl (C=O) groups is 1. The smallest absolute Gasteiger partial charge is 0.343 e. The van der Waals surface area contributed by atoms with Crippen molar-refractivity contribution in [2.75, 3.05) is 12.3 Å². The maximum Gasteiger partial charge on any atom is 0.343 e. The molecular weight excluding hydrogens is 266 g/mol. The molecule has 0 bridgehead atoms. The number of hydrogen-bond acceptors (Lipinski definition) is 5. The maximum atomic E-state index is 11.5. The lowest BCUT2D eigenvalue weighted by Gasteiger charge is -2.14. The zero-order chi connectivity index (χ0) is 14.3. The summed E-state index contributed by atoms with van der Waals surface area (Å²) in [5.74, 6) is 0.0736. The average Bonchev–Trinajstić information content (AvgIpc) is 2.71. The molecule has 1 heterocycles. The molecule has 7 nitrogen and oxygen atoms in total. The quantitative estimate of drug-likeness (QED) is 0.551. The Morgan fingerprint density at radius 1 is 1.53 bits per heavy atom. The van der Waals surface area contributed by atoms with Crippen LogP contribution in [0.25, 0.3) is 0 Å². The largest absolute Gasteiger partial charge is 0.368 e. The van der Waals surface area contributed by atoms with Crippen molar-refractivity contribution in [2.45, 2.75) is 44.4 Å². The molecule has 0 spiro atoms. The van der Waals surface area contributed by atoms with E-state index in [0.29, 0.717) is 17.5 Å². The van der Waals surface area contributed by atoms with Crippen molar-refractivity contribution >= 4 is 17.7 Å². The van der Waals surface area contributed by atoms with Crippen LogP contribution in [0.15, 0.2) is 9.95 Å². The fraction of sp³-hybridized carbons (Fsp3) is 0.727. The third-order valence-electron chi connectivity index (χ3n) is 2.53. The van der Waals surface area contributed by atoms with Gasteiger partial charge in [-0.2, -0.15) is 0 Å². The van der Waals surface area contributed by atoms with Gasteiger partial charge in [0.05, 0.1) is 6.04 Å². The Labute approximate surface area is 116 Å². The molecule has 0 aromatic carbocycles. The van der Waals surface area contributed by atoms with Crippen LogP contribution in [0, 0.1) is 0 Å². The van der Waals surface area contributed by atoms with Crippen LogP contribution in [0.1, 0.15) is 26.7 Å². The van der Waals surface area contributed by atoms with Crippen LogP contribution in [0.3, 0.4) is 0 Å². The molecule has 0 saturated heterocycles. The number of aromatic nitrogens is 3. The maximum absolute atomic E-state index is 11.5. The van der Waals surface area contributed by atoms with Crippen LogP contribution < -0.4 is 16.7 Å². The number of rotatable bonds is 9. The van der Waals surface area contributed by atoms with E-state index in [0.717, 1.165) is 19.4 Å². The van der Waals surface area contributed by atoms with Gasteiger partial charge >= 0.3 is 5.69 Å². The molecule has 1 rings (SSSR count). The van der Waals surface area contributed by atoms with E-state index < -0.39 is 6.04 Å². The molecule has 1 amide bonds. The molecule has 0 aliphatic heterocycles. The molecule has 19 heavy (non-hydrogen) atoms. The van der Waals surface area contributed by atoms with Crippen LogP contribution in [-0.2, 0) is 11.3 Å². The first-order valence-electron chi connectivity index (χ1n) is 6.40. The molecule has 1 aromatic heterocycles. The van der Waals surface area contributed by atoms with Gasteiger partial charge in [-0.1, -0.05) is 25.6 Å². The lowest BCUT2D eigenvalue weighted by Crippen LogP contribution is -2.43. The van der Waals surface area contributed by atoms with E-state index in [-0.39, 0.29) is 11.6 Å². The Morgan fingerprint density at radius 3 is 2.84 bits per heavy atom. The second-order valence-electron chi connectivity index (χ2n) is 4.18. The first kappa shape index (κ1) is 15.8. The Kier molecular flexibility index (Phi) is 6.65. The summed E-state index contributed by atoms with van der Waals surface area (Å²) in [7, 11) is 0. The molecular formula is C11H21N5O2S. The number of nitrogens with zero attached hydrogens (tertiary/aromatic N) is 2. The number of thioether (sulfide) groups is 1. The third-order valence-corrected chi connectivity index (χ3v) is 3.60. The van der Waals surface area contributed by atoms with Gasteiger partial charge in [-0.15, -0.1) is 5.10 Å². The van der Waals surface area contributed by atoms with Crippen LogP contribution in [0.4, 0.5) is 0 Å². The van der Waals surface area contributed by atoms with Gasteiger partial charge in [-0.25, -0.2) is 9.89 Å². The third kappa shape index (κ3) is 4.71.